The van der Waals surface area contributed by atoms with Gasteiger partial charge in [-0.15, -0.1) is 11.3 Å². The van der Waals surface area contributed by atoms with Crippen molar-refractivity contribution in [2.45, 2.75) is 31.0 Å². The average Bonchev–Trinajstić information content (AvgIpc) is 2.78. The van der Waals surface area contributed by atoms with Gasteiger partial charge in [0.25, 0.3) is 5.91 Å². The zero-order valence-electron chi connectivity index (χ0n) is 10.2. The van der Waals surface area contributed by atoms with Crippen LogP contribution in [0.1, 0.15) is 36.4 Å². The Labute approximate surface area is 111 Å². The van der Waals surface area contributed by atoms with Crippen LogP contribution in [0, 0.1) is 0 Å². The lowest BCUT2D eigenvalue weighted by atomic mass is 10.3. The Morgan fingerprint density at radius 3 is 3.18 bits per heavy atom. The van der Waals surface area contributed by atoms with Gasteiger partial charge in [-0.1, -0.05) is 30.8 Å². The third-order valence-electron chi connectivity index (χ3n) is 2.04. The molecule has 1 rings (SSSR count). The van der Waals surface area contributed by atoms with E-state index in [0.717, 1.165) is 29.5 Å². The third kappa shape index (κ3) is 5.37. The summed E-state index contributed by atoms with van der Waals surface area (Å²) < 4.78 is 0.964. The quantitative estimate of drug-likeness (QED) is 0.469. The second-order valence-electron chi connectivity index (χ2n) is 3.39. The van der Waals surface area contributed by atoms with Crippen LogP contribution in [0.3, 0.4) is 0 Å². The summed E-state index contributed by atoms with van der Waals surface area (Å²) in [4.78, 5) is 16.6. The number of allylic oxidation sites excluding steroid dienone is 2. The van der Waals surface area contributed by atoms with Crippen LogP contribution >= 0.6 is 23.1 Å². The lowest BCUT2D eigenvalue weighted by Gasteiger charge is -2.00. The molecule has 0 unspecified atom stereocenters. The summed E-state index contributed by atoms with van der Waals surface area (Å²) in [5, 5.41) is 2.90. The fraction of sp³-hybridized carbons (Fsp3) is 0.500. The van der Waals surface area contributed by atoms with Crippen LogP contribution in [0.5, 0.6) is 0 Å². The third-order valence-corrected chi connectivity index (χ3v) is 4.08. The SMILES string of the molecule is C/C=C/CCCNC(=O)c1cnc(SCC)s1. The lowest BCUT2D eigenvalue weighted by Crippen LogP contribution is -2.23. The summed E-state index contributed by atoms with van der Waals surface area (Å²) in [6.45, 7) is 4.80. The number of unbranched alkanes of at least 4 members (excludes halogenated alkanes) is 1. The number of hydrogen-bond acceptors (Lipinski definition) is 4. The Balaban J connectivity index is 2.31. The first-order valence-electron chi connectivity index (χ1n) is 5.76. The number of aromatic nitrogens is 1. The Morgan fingerprint density at radius 2 is 2.47 bits per heavy atom. The number of hydrogen-bond donors (Lipinski definition) is 1. The molecule has 0 spiro atoms. The van der Waals surface area contributed by atoms with Crippen LogP contribution in [-0.4, -0.2) is 23.2 Å². The van der Waals surface area contributed by atoms with E-state index in [-0.39, 0.29) is 5.91 Å². The van der Waals surface area contributed by atoms with Gasteiger partial charge in [0.15, 0.2) is 4.34 Å². The van der Waals surface area contributed by atoms with E-state index >= 15 is 0 Å². The highest BCUT2D eigenvalue weighted by atomic mass is 32.2. The Morgan fingerprint density at radius 1 is 1.65 bits per heavy atom. The van der Waals surface area contributed by atoms with Gasteiger partial charge in [0.05, 0.1) is 6.20 Å². The van der Waals surface area contributed by atoms with Gasteiger partial charge >= 0.3 is 0 Å². The average molecular weight is 270 g/mol. The van der Waals surface area contributed by atoms with E-state index < -0.39 is 0 Å². The van der Waals surface area contributed by atoms with Crippen LogP contribution in [0.25, 0.3) is 0 Å². The van der Waals surface area contributed by atoms with E-state index in [1.165, 1.54) is 11.3 Å². The van der Waals surface area contributed by atoms with E-state index in [1.807, 2.05) is 13.0 Å². The predicted octanol–water partition coefficient (Wildman–Crippen LogP) is 3.34. The maximum atomic E-state index is 11.7. The van der Waals surface area contributed by atoms with Crippen molar-refractivity contribution in [1.82, 2.24) is 10.3 Å². The second kappa shape index (κ2) is 8.31. The van der Waals surface area contributed by atoms with Crippen molar-refractivity contribution in [3.05, 3.63) is 23.2 Å². The fourth-order valence-electron chi connectivity index (χ4n) is 1.23. The van der Waals surface area contributed by atoms with Gasteiger partial charge in [0, 0.05) is 6.54 Å². The minimum Gasteiger partial charge on any atom is -0.351 e. The molecule has 0 radical (unpaired) electrons. The van der Waals surface area contributed by atoms with E-state index in [1.54, 1.807) is 18.0 Å². The number of amides is 1. The molecule has 1 aromatic heterocycles. The number of carbonyl (C=O) groups excluding carboxylic acids is 1. The van der Waals surface area contributed by atoms with Crippen LogP contribution in [-0.2, 0) is 0 Å². The summed E-state index contributed by atoms with van der Waals surface area (Å²) in [6, 6.07) is 0. The molecule has 0 saturated carbocycles. The molecule has 5 heteroatoms. The van der Waals surface area contributed by atoms with E-state index in [9.17, 15) is 4.79 Å². The lowest BCUT2D eigenvalue weighted by molar-refractivity contribution is 0.0957. The molecule has 1 N–H and O–H groups in total. The molecule has 1 amide bonds. The molecule has 0 bridgehead atoms. The van der Waals surface area contributed by atoms with E-state index in [0.29, 0.717) is 4.88 Å². The zero-order chi connectivity index (χ0) is 12.5. The first-order valence-corrected chi connectivity index (χ1v) is 7.56. The fourth-order valence-corrected chi connectivity index (χ4v) is 3.03. The highest BCUT2D eigenvalue weighted by molar-refractivity contribution is 8.01. The Hall–Kier alpha value is -0.810. The minimum absolute atomic E-state index is 0.00840. The van der Waals surface area contributed by atoms with E-state index in [4.69, 9.17) is 0 Å². The van der Waals surface area contributed by atoms with Crippen molar-refractivity contribution in [3.8, 4) is 0 Å². The maximum absolute atomic E-state index is 11.7. The number of nitrogens with zero attached hydrogens (tertiary/aromatic N) is 1. The van der Waals surface area contributed by atoms with E-state index in [2.05, 4.69) is 23.3 Å². The van der Waals surface area contributed by atoms with Gasteiger partial charge in [-0.05, 0) is 25.5 Å². The van der Waals surface area contributed by atoms with Crippen molar-refractivity contribution in [3.63, 3.8) is 0 Å². The van der Waals surface area contributed by atoms with Crippen LogP contribution < -0.4 is 5.32 Å². The molecule has 0 aliphatic rings. The summed E-state index contributed by atoms with van der Waals surface area (Å²) in [7, 11) is 0. The number of carbonyl (C=O) groups is 1. The summed E-state index contributed by atoms with van der Waals surface area (Å²) in [6.07, 6.45) is 7.78. The van der Waals surface area contributed by atoms with Crippen molar-refractivity contribution in [2.24, 2.45) is 0 Å². The standard InChI is InChI=1S/C12H18N2OS2/c1-3-5-6-7-8-13-11(15)10-9-14-12(17-10)16-4-2/h3,5,9H,4,6-8H2,1-2H3,(H,13,15)/b5-3+. The van der Waals surface area contributed by atoms with Crippen molar-refractivity contribution in [2.75, 3.05) is 12.3 Å². The Bertz CT molecular complexity index is 374. The Kier molecular flexibility index (Phi) is 6.96. The molecular formula is C12H18N2OS2. The highest BCUT2D eigenvalue weighted by Gasteiger charge is 2.09. The van der Waals surface area contributed by atoms with Crippen molar-refractivity contribution in [1.29, 1.82) is 0 Å². The van der Waals surface area contributed by atoms with Crippen LogP contribution in [0.4, 0.5) is 0 Å². The molecular weight excluding hydrogens is 252 g/mol. The molecule has 1 aromatic rings. The molecule has 0 atom stereocenters. The first kappa shape index (κ1) is 14.3. The maximum Gasteiger partial charge on any atom is 0.263 e. The molecule has 3 nitrogen and oxygen atoms in total. The zero-order valence-corrected chi connectivity index (χ0v) is 11.9. The molecule has 0 aliphatic carbocycles. The van der Waals surface area contributed by atoms with Crippen LogP contribution in [0.15, 0.2) is 22.7 Å². The normalized spacial score (nSPS) is 10.9. The van der Waals surface area contributed by atoms with Crippen molar-refractivity contribution < 1.29 is 4.79 Å². The number of nitrogens with one attached hydrogen (secondary N) is 1. The topological polar surface area (TPSA) is 42.0 Å². The molecule has 17 heavy (non-hydrogen) atoms. The highest BCUT2D eigenvalue weighted by Crippen LogP contribution is 2.23. The number of thioether (sulfide) groups is 1. The second-order valence-corrected chi connectivity index (χ2v) is 5.93. The van der Waals surface area contributed by atoms with Gasteiger partial charge in [-0.2, -0.15) is 0 Å². The molecule has 0 saturated heterocycles. The predicted molar refractivity (Wildman–Crippen MR) is 74.9 cm³/mol. The first-order chi connectivity index (χ1) is 8.27. The minimum atomic E-state index is -0.00840. The molecule has 0 fully saturated rings. The molecule has 1 heterocycles. The summed E-state index contributed by atoms with van der Waals surface area (Å²) >= 11 is 3.13. The molecule has 0 aliphatic heterocycles. The van der Waals surface area contributed by atoms with Gasteiger partial charge in [0.2, 0.25) is 0 Å². The monoisotopic (exact) mass is 270 g/mol. The van der Waals surface area contributed by atoms with Gasteiger partial charge in [0.1, 0.15) is 4.88 Å². The molecule has 0 aromatic carbocycles. The summed E-state index contributed by atoms with van der Waals surface area (Å²) in [5.41, 5.74) is 0. The summed E-state index contributed by atoms with van der Waals surface area (Å²) in [5.74, 6) is 0.976. The van der Waals surface area contributed by atoms with Gasteiger partial charge in [-0.3, -0.25) is 4.79 Å². The molecule has 94 valence electrons. The number of rotatable bonds is 7. The number of thiazole rings is 1. The largest absolute Gasteiger partial charge is 0.351 e. The van der Waals surface area contributed by atoms with Gasteiger partial charge in [-0.25, -0.2) is 4.98 Å². The van der Waals surface area contributed by atoms with Crippen LogP contribution in [0.2, 0.25) is 0 Å². The van der Waals surface area contributed by atoms with Crippen molar-refractivity contribution >= 4 is 29.0 Å². The smallest absolute Gasteiger partial charge is 0.263 e. The van der Waals surface area contributed by atoms with Gasteiger partial charge < -0.3 is 5.32 Å².